The lowest BCUT2D eigenvalue weighted by molar-refractivity contribution is 0.0692. The number of ether oxygens (including phenoxy) is 1. The molecule has 0 spiro atoms. The number of carboxylic acids is 1. The first-order valence-corrected chi connectivity index (χ1v) is 4.71. The molecule has 0 radical (unpaired) electrons. The van der Waals surface area contributed by atoms with E-state index in [-0.39, 0.29) is 5.56 Å². The van der Waals surface area contributed by atoms with Gasteiger partial charge in [-0.2, -0.15) is 0 Å². The smallest absolute Gasteiger partial charge is 0.339 e. The van der Waals surface area contributed by atoms with Crippen molar-refractivity contribution in [2.45, 2.75) is 0 Å². The lowest BCUT2D eigenvalue weighted by Gasteiger charge is -2.06. The predicted octanol–water partition coefficient (Wildman–Crippen LogP) is 2.71. The molecule has 0 aromatic heterocycles. The van der Waals surface area contributed by atoms with Crippen LogP contribution in [0.25, 0.3) is 0 Å². The number of hydrogen-bond donors (Lipinski definition) is 1. The molecule has 0 heterocycles. The van der Waals surface area contributed by atoms with Crippen molar-refractivity contribution in [3.63, 3.8) is 0 Å². The van der Waals surface area contributed by atoms with Crippen molar-refractivity contribution in [1.82, 2.24) is 0 Å². The molecule has 1 aromatic rings. The first-order chi connectivity index (χ1) is 6.65. The Balaban J connectivity index is 3.01. The third-order valence-corrected chi connectivity index (χ3v) is 2.02. The van der Waals surface area contributed by atoms with Gasteiger partial charge in [0.05, 0.1) is 0 Å². The highest BCUT2D eigenvalue weighted by molar-refractivity contribution is 9.10. The summed E-state index contributed by atoms with van der Waals surface area (Å²) in [5, 5.41) is 8.86. The van der Waals surface area contributed by atoms with Crippen molar-refractivity contribution in [1.29, 1.82) is 0 Å². The van der Waals surface area contributed by atoms with Crippen molar-refractivity contribution in [2.24, 2.45) is 0 Å². The topological polar surface area (TPSA) is 46.5 Å². The van der Waals surface area contributed by atoms with E-state index in [0.717, 1.165) is 0 Å². The summed E-state index contributed by atoms with van der Waals surface area (Å²) in [5.41, 5.74) is 0.140. The van der Waals surface area contributed by atoms with Crippen LogP contribution in [-0.2, 0) is 0 Å². The van der Waals surface area contributed by atoms with Crippen molar-refractivity contribution in [3.8, 4) is 5.75 Å². The van der Waals surface area contributed by atoms with Crippen LogP contribution in [0.3, 0.4) is 0 Å². The van der Waals surface area contributed by atoms with Crippen molar-refractivity contribution >= 4 is 21.9 Å². The summed E-state index contributed by atoms with van der Waals surface area (Å²) in [6.07, 6.45) is 1.56. The number of aromatic carboxylic acids is 1. The maximum absolute atomic E-state index is 10.8. The maximum atomic E-state index is 10.8. The van der Waals surface area contributed by atoms with Gasteiger partial charge in [-0.15, -0.1) is 0 Å². The molecule has 0 atom stereocenters. The predicted molar refractivity (Wildman–Crippen MR) is 56.8 cm³/mol. The van der Waals surface area contributed by atoms with Gasteiger partial charge >= 0.3 is 5.97 Å². The van der Waals surface area contributed by atoms with Gasteiger partial charge < -0.3 is 9.84 Å². The van der Waals surface area contributed by atoms with Gasteiger partial charge in [0.1, 0.15) is 17.9 Å². The van der Waals surface area contributed by atoms with Crippen molar-refractivity contribution < 1.29 is 14.6 Å². The van der Waals surface area contributed by atoms with Crippen LogP contribution in [0.1, 0.15) is 10.4 Å². The van der Waals surface area contributed by atoms with E-state index in [9.17, 15) is 4.79 Å². The van der Waals surface area contributed by atoms with E-state index < -0.39 is 5.97 Å². The highest BCUT2D eigenvalue weighted by Crippen LogP contribution is 2.23. The molecule has 0 saturated carbocycles. The summed E-state index contributed by atoms with van der Waals surface area (Å²) in [6, 6.07) is 4.84. The largest absolute Gasteiger partial charge is 0.489 e. The fraction of sp³-hybridized carbons (Fsp3) is 0.100. The minimum absolute atomic E-state index is 0.140. The van der Waals surface area contributed by atoms with Crippen LogP contribution in [-0.4, -0.2) is 17.7 Å². The van der Waals surface area contributed by atoms with Crippen LogP contribution in [0.2, 0.25) is 0 Å². The number of carbonyl (C=O) groups is 1. The van der Waals surface area contributed by atoms with Crippen LogP contribution < -0.4 is 4.74 Å². The fourth-order valence-electron chi connectivity index (χ4n) is 0.944. The summed E-state index contributed by atoms with van der Waals surface area (Å²) in [7, 11) is 0. The summed E-state index contributed by atoms with van der Waals surface area (Å²) in [4.78, 5) is 10.8. The van der Waals surface area contributed by atoms with Gasteiger partial charge in [0.2, 0.25) is 0 Å². The summed E-state index contributed by atoms with van der Waals surface area (Å²) in [6.45, 7) is 3.78. The molecule has 14 heavy (non-hydrogen) atoms. The lowest BCUT2D eigenvalue weighted by Crippen LogP contribution is -2.02. The van der Waals surface area contributed by atoms with Gasteiger partial charge in [0, 0.05) is 4.47 Å². The van der Waals surface area contributed by atoms with Gasteiger partial charge in [-0.25, -0.2) is 4.79 Å². The summed E-state index contributed by atoms with van der Waals surface area (Å²) >= 11 is 3.19. The highest BCUT2D eigenvalue weighted by Gasteiger charge is 2.10. The van der Waals surface area contributed by atoms with Crippen LogP contribution in [0, 0.1) is 0 Å². The zero-order chi connectivity index (χ0) is 10.6. The molecule has 1 N–H and O–H groups in total. The molecule has 4 heteroatoms. The van der Waals surface area contributed by atoms with E-state index in [0.29, 0.717) is 16.8 Å². The van der Waals surface area contributed by atoms with Gasteiger partial charge in [-0.05, 0) is 18.2 Å². The minimum Gasteiger partial charge on any atom is -0.489 e. The van der Waals surface area contributed by atoms with Crippen LogP contribution in [0.5, 0.6) is 5.75 Å². The molecule has 0 amide bonds. The van der Waals surface area contributed by atoms with Crippen molar-refractivity contribution in [3.05, 3.63) is 40.9 Å². The van der Waals surface area contributed by atoms with E-state index in [4.69, 9.17) is 9.84 Å². The number of hydrogen-bond acceptors (Lipinski definition) is 2. The average molecular weight is 257 g/mol. The van der Waals surface area contributed by atoms with Crippen LogP contribution in [0.4, 0.5) is 0 Å². The quantitative estimate of drug-likeness (QED) is 0.843. The Hall–Kier alpha value is -1.29. The van der Waals surface area contributed by atoms with E-state index in [1.54, 1.807) is 18.2 Å². The van der Waals surface area contributed by atoms with Gasteiger partial charge in [0.25, 0.3) is 0 Å². The first kappa shape index (κ1) is 10.8. The third kappa shape index (κ3) is 2.60. The second-order valence-electron chi connectivity index (χ2n) is 2.55. The lowest BCUT2D eigenvalue weighted by atomic mass is 10.2. The molecule has 0 aliphatic heterocycles. The Morgan fingerprint density at radius 2 is 2.36 bits per heavy atom. The number of benzene rings is 1. The number of rotatable bonds is 4. The Morgan fingerprint density at radius 3 is 2.93 bits per heavy atom. The molecule has 1 aromatic carbocycles. The molecule has 0 bridgehead atoms. The van der Waals surface area contributed by atoms with E-state index in [1.807, 2.05) is 0 Å². The summed E-state index contributed by atoms with van der Waals surface area (Å²) < 4.78 is 5.89. The monoisotopic (exact) mass is 256 g/mol. The molecule has 0 fully saturated rings. The molecule has 0 aliphatic carbocycles. The number of carboxylic acid groups (broad SMARTS) is 1. The van der Waals surface area contributed by atoms with E-state index >= 15 is 0 Å². The zero-order valence-electron chi connectivity index (χ0n) is 7.37. The molecule has 74 valence electrons. The highest BCUT2D eigenvalue weighted by atomic mass is 79.9. The zero-order valence-corrected chi connectivity index (χ0v) is 8.95. The molecule has 0 unspecified atom stereocenters. The Labute approximate surface area is 90.1 Å². The van der Waals surface area contributed by atoms with Gasteiger partial charge in [0.15, 0.2) is 0 Å². The molecular formula is C10H9BrO3. The minimum atomic E-state index is -1.01. The second-order valence-corrected chi connectivity index (χ2v) is 3.46. The average Bonchev–Trinajstić information content (AvgIpc) is 2.15. The SMILES string of the molecule is C=CCOc1ccc(Br)cc1C(=O)O. The van der Waals surface area contributed by atoms with Crippen molar-refractivity contribution in [2.75, 3.05) is 6.61 Å². The standard InChI is InChI=1S/C10H9BrO3/c1-2-5-14-9-4-3-7(11)6-8(9)10(12)13/h2-4,6H,1,5H2,(H,12,13). The third-order valence-electron chi connectivity index (χ3n) is 1.53. The molecule has 1 rings (SSSR count). The molecular weight excluding hydrogens is 248 g/mol. The Morgan fingerprint density at radius 1 is 1.64 bits per heavy atom. The van der Waals surface area contributed by atoms with Gasteiger partial charge in [-0.3, -0.25) is 0 Å². The molecule has 0 aliphatic rings. The van der Waals surface area contributed by atoms with Gasteiger partial charge in [-0.1, -0.05) is 28.6 Å². The Bertz CT molecular complexity index is 360. The van der Waals surface area contributed by atoms with Crippen LogP contribution >= 0.6 is 15.9 Å². The maximum Gasteiger partial charge on any atom is 0.339 e. The Kier molecular flexibility index (Phi) is 3.71. The van der Waals surface area contributed by atoms with E-state index in [1.165, 1.54) is 6.07 Å². The molecule has 3 nitrogen and oxygen atoms in total. The first-order valence-electron chi connectivity index (χ1n) is 3.91. The van der Waals surface area contributed by atoms with E-state index in [2.05, 4.69) is 22.5 Å². The fourth-order valence-corrected chi connectivity index (χ4v) is 1.30. The normalized spacial score (nSPS) is 9.50. The van der Waals surface area contributed by atoms with Crippen LogP contribution in [0.15, 0.2) is 35.3 Å². The summed E-state index contributed by atoms with van der Waals surface area (Å²) in [5.74, 6) is -0.661. The molecule has 0 saturated heterocycles. The second kappa shape index (κ2) is 4.81. The number of halogens is 1.